The Balaban J connectivity index is 1.78. The van der Waals surface area contributed by atoms with Crippen molar-refractivity contribution in [1.82, 2.24) is 8.87 Å². The van der Waals surface area contributed by atoms with Crippen molar-refractivity contribution in [2.24, 2.45) is 0 Å². The maximum absolute atomic E-state index is 12.2. The number of rotatable bonds is 5. The molecule has 0 spiro atoms. The van der Waals surface area contributed by atoms with Gasteiger partial charge in [0, 0.05) is 38.1 Å². The summed E-state index contributed by atoms with van der Waals surface area (Å²) in [5.74, 6) is 0.616. The number of aromatic nitrogens is 1. The summed E-state index contributed by atoms with van der Waals surface area (Å²) < 4.78 is 36.8. The van der Waals surface area contributed by atoms with Crippen LogP contribution in [0.3, 0.4) is 0 Å². The van der Waals surface area contributed by atoms with Gasteiger partial charge in [-0.15, -0.1) is 0 Å². The normalized spacial score (nSPS) is 13.0. The summed E-state index contributed by atoms with van der Waals surface area (Å²) in [6.07, 6.45) is 1.15. The molecular formula is C16H17N3O6S. The van der Waals surface area contributed by atoms with Crippen LogP contribution in [0.2, 0.25) is 0 Å². The molecule has 3 rings (SSSR count). The number of hydrogen-bond donors (Lipinski definition) is 1. The highest BCUT2D eigenvalue weighted by Crippen LogP contribution is 2.34. The molecule has 1 N–H and O–H groups in total. The van der Waals surface area contributed by atoms with E-state index in [9.17, 15) is 18.0 Å². The van der Waals surface area contributed by atoms with Gasteiger partial charge in [-0.2, -0.15) is 0 Å². The second-order valence-corrected chi connectivity index (χ2v) is 7.89. The van der Waals surface area contributed by atoms with Crippen LogP contribution >= 0.6 is 0 Å². The van der Waals surface area contributed by atoms with E-state index in [4.69, 9.17) is 9.47 Å². The van der Waals surface area contributed by atoms with Crippen LogP contribution in [0.1, 0.15) is 0 Å². The Morgan fingerprint density at radius 1 is 1.19 bits per heavy atom. The predicted octanol–water partition coefficient (Wildman–Crippen LogP) is 0.466. The Morgan fingerprint density at radius 3 is 2.65 bits per heavy atom. The van der Waals surface area contributed by atoms with Crippen LogP contribution in [-0.2, 0) is 21.4 Å². The van der Waals surface area contributed by atoms with Crippen molar-refractivity contribution in [3.63, 3.8) is 0 Å². The summed E-state index contributed by atoms with van der Waals surface area (Å²) in [6.45, 7) is -0.209. The Morgan fingerprint density at radius 2 is 1.92 bits per heavy atom. The molecule has 0 unspecified atom stereocenters. The fourth-order valence-corrected chi connectivity index (χ4v) is 3.25. The highest BCUT2D eigenvalue weighted by Gasteiger charge is 2.19. The summed E-state index contributed by atoms with van der Waals surface area (Å²) in [6, 6.07) is 7.24. The smallest absolute Gasteiger partial charge is 0.251 e. The minimum atomic E-state index is -3.71. The molecule has 1 aliphatic heterocycles. The summed E-state index contributed by atoms with van der Waals surface area (Å²) in [7, 11) is -0.934. The molecule has 26 heavy (non-hydrogen) atoms. The SMILES string of the molecule is CN(C)S(=O)(=O)c1ccc(=O)n(CC(=O)Nc2ccc3c(c2)OCO3)c1. The molecule has 0 aliphatic carbocycles. The van der Waals surface area contributed by atoms with Crippen LogP contribution in [-0.4, -0.2) is 44.1 Å². The summed E-state index contributed by atoms with van der Waals surface area (Å²) >= 11 is 0. The lowest BCUT2D eigenvalue weighted by molar-refractivity contribution is -0.116. The maximum atomic E-state index is 12.2. The molecule has 1 aromatic carbocycles. The van der Waals surface area contributed by atoms with Gasteiger partial charge in [0.2, 0.25) is 22.7 Å². The molecule has 0 saturated carbocycles. The zero-order chi connectivity index (χ0) is 18.9. The standard InChI is InChI=1S/C16H17N3O6S/c1-18(2)26(22,23)12-4-6-16(21)19(8-12)9-15(20)17-11-3-5-13-14(7-11)25-10-24-13/h3-8H,9-10H2,1-2H3,(H,17,20). The molecule has 1 aliphatic rings. The van der Waals surface area contributed by atoms with E-state index in [0.717, 1.165) is 21.1 Å². The minimum absolute atomic E-state index is 0.0713. The monoisotopic (exact) mass is 379 g/mol. The van der Waals surface area contributed by atoms with Crippen LogP contribution in [0.15, 0.2) is 46.2 Å². The lowest BCUT2D eigenvalue weighted by atomic mass is 10.3. The second kappa shape index (κ2) is 6.81. The average Bonchev–Trinajstić information content (AvgIpc) is 3.04. The number of carbonyl (C=O) groups excluding carboxylic acids is 1. The number of nitrogens with zero attached hydrogens (tertiary/aromatic N) is 2. The van der Waals surface area contributed by atoms with Gasteiger partial charge in [0.1, 0.15) is 6.54 Å². The first kappa shape index (κ1) is 18.0. The molecule has 9 nitrogen and oxygen atoms in total. The molecule has 138 valence electrons. The Bertz CT molecular complexity index is 1010. The third kappa shape index (κ3) is 3.55. The first-order valence-corrected chi connectivity index (χ1v) is 9.04. The quantitative estimate of drug-likeness (QED) is 0.809. The number of carbonyl (C=O) groups is 1. The summed E-state index contributed by atoms with van der Waals surface area (Å²) in [5.41, 5.74) is -0.00657. The number of ether oxygens (including phenoxy) is 2. The van der Waals surface area contributed by atoms with E-state index in [1.807, 2.05) is 0 Å². The van der Waals surface area contributed by atoms with Gasteiger partial charge in [0.15, 0.2) is 11.5 Å². The van der Waals surface area contributed by atoms with Crippen molar-refractivity contribution in [3.8, 4) is 11.5 Å². The zero-order valence-corrected chi connectivity index (χ0v) is 14.9. The Hall–Kier alpha value is -2.85. The number of pyridine rings is 1. The molecule has 0 fully saturated rings. The fraction of sp³-hybridized carbons (Fsp3) is 0.250. The largest absolute Gasteiger partial charge is 0.454 e. The average molecular weight is 379 g/mol. The zero-order valence-electron chi connectivity index (χ0n) is 14.1. The van der Waals surface area contributed by atoms with Crippen molar-refractivity contribution < 1.29 is 22.7 Å². The van der Waals surface area contributed by atoms with Crippen LogP contribution in [0, 0.1) is 0 Å². The Labute approximate surface area is 149 Å². The highest BCUT2D eigenvalue weighted by molar-refractivity contribution is 7.89. The number of sulfonamides is 1. The topological polar surface area (TPSA) is 107 Å². The van der Waals surface area contributed by atoms with Gasteiger partial charge >= 0.3 is 0 Å². The third-order valence-electron chi connectivity index (χ3n) is 3.71. The fourth-order valence-electron chi connectivity index (χ4n) is 2.33. The number of hydrogen-bond acceptors (Lipinski definition) is 6. The first-order chi connectivity index (χ1) is 12.3. The summed E-state index contributed by atoms with van der Waals surface area (Å²) in [4.78, 5) is 24.1. The lowest BCUT2D eigenvalue weighted by Gasteiger charge is -2.13. The van der Waals surface area contributed by atoms with E-state index >= 15 is 0 Å². The van der Waals surface area contributed by atoms with Gasteiger partial charge in [0.05, 0.1) is 4.90 Å². The number of anilines is 1. The number of nitrogens with one attached hydrogen (secondary N) is 1. The van der Waals surface area contributed by atoms with Gasteiger partial charge in [-0.25, -0.2) is 12.7 Å². The Kier molecular flexibility index (Phi) is 4.70. The van der Waals surface area contributed by atoms with E-state index in [1.54, 1.807) is 18.2 Å². The van der Waals surface area contributed by atoms with E-state index in [2.05, 4.69) is 5.32 Å². The molecule has 10 heteroatoms. The van der Waals surface area contributed by atoms with Crippen molar-refractivity contribution in [2.45, 2.75) is 11.4 Å². The van der Waals surface area contributed by atoms with Gasteiger partial charge in [-0.3, -0.25) is 9.59 Å². The van der Waals surface area contributed by atoms with Gasteiger partial charge in [0.25, 0.3) is 5.56 Å². The predicted molar refractivity (Wildman–Crippen MR) is 92.8 cm³/mol. The number of fused-ring (bicyclic) bond motifs is 1. The number of amides is 1. The van der Waals surface area contributed by atoms with Crippen molar-refractivity contribution in [3.05, 3.63) is 46.9 Å². The number of benzene rings is 1. The van der Waals surface area contributed by atoms with Crippen LogP contribution < -0.4 is 20.3 Å². The van der Waals surface area contributed by atoms with Crippen LogP contribution in [0.25, 0.3) is 0 Å². The molecule has 2 heterocycles. The van der Waals surface area contributed by atoms with Crippen LogP contribution in [0.4, 0.5) is 5.69 Å². The molecule has 0 radical (unpaired) electrons. The third-order valence-corrected chi connectivity index (χ3v) is 5.50. The van der Waals surface area contributed by atoms with E-state index in [-0.39, 0.29) is 18.2 Å². The molecule has 1 aromatic heterocycles. The highest BCUT2D eigenvalue weighted by atomic mass is 32.2. The molecule has 2 aromatic rings. The van der Waals surface area contributed by atoms with E-state index in [1.165, 1.54) is 20.2 Å². The molecule has 1 amide bonds. The van der Waals surface area contributed by atoms with Gasteiger partial charge in [-0.1, -0.05) is 0 Å². The first-order valence-electron chi connectivity index (χ1n) is 7.60. The molecule has 0 bridgehead atoms. The summed E-state index contributed by atoms with van der Waals surface area (Å²) in [5, 5.41) is 2.63. The lowest BCUT2D eigenvalue weighted by Crippen LogP contribution is -2.29. The molecule has 0 saturated heterocycles. The van der Waals surface area contributed by atoms with Gasteiger partial charge < -0.3 is 19.4 Å². The molecule has 0 atom stereocenters. The maximum Gasteiger partial charge on any atom is 0.251 e. The van der Waals surface area contributed by atoms with Gasteiger partial charge in [-0.05, 0) is 18.2 Å². The van der Waals surface area contributed by atoms with Crippen molar-refractivity contribution in [2.75, 3.05) is 26.2 Å². The van der Waals surface area contributed by atoms with Crippen molar-refractivity contribution in [1.29, 1.82) is 0 Å². The van der Waals surface area contributed by atoms with E-state index in [0.29, 0.717) is 17.2 Å². The minimum Gasteiger partial charge on any atom is -0.454 e. The molecular weight excluding hydrogens is 362 g/mol. The van der Waals surface area contributed by atoms with Crippen molar-refractivity contribution >= 4 is 21.6 Å². The van der Waals surface area contributed by atoms with Crippen LogP contribution in [0.5, 0.6) is 11.5 Å². The second-order valence-electron chi connectivity index (χ2n) is 5.73. The van der Waals surface area contributed by atoms with E-state index < -0.39 is 21.5 Å².